The number of ketones is 1. The molecule has 0 aliphatic rings. The van der Waals surface area contributed by atoms with Crippen molar-refractivity contribution < 1.29 is 13.6 Å². The normalized spacial score (nSPS) is 10.3. The van der Waals surface area contributed by atoms with E-state index >= 15 is 0 Å². The van der Waals surface area contributed by atoms with E-state index in [4.69, 9.17) is 4.42 Å². The Morgan fingerprint density at radius 2 is 2.13 bits per heavy atom. The molecule has 0 saturated carbocycles. The fourth-order valence-electron chi connectivity index (χ4n) is 1.25. The summed E-state index contributed by atoms with van der Waals surface area (Å²) in [6, 6.07) is 5.78. The second kappa shape index (κ2) is 3.65. The van der Waals surface area contributed by atoms with Crippen molar-refractivity contribution in [3.05, 3.63) is 53.5 Å². The van der Waals surface area contributed by atoms with Gasteiger partial charge in [0.1, 0.15) is 17.8 Å². The van der Waals surface area contributed by atoms with Gasteiger partial charge in [0.25, 0.3) is 0 Å². The van der Waals surface area contributed by atoms with Crippen LogP contribution in [-0.2, 0) is 0 Å². The Bertz CT molecular complexity index is 505. The number of oxazole rings is 1. The highest BCUT2D eigenvalue weighted by atomic mass is 19.1. The molecule has 15 heavy (non-hydrogen) atoms. The van der Waals surface area contributed by atoms with Crippen molar-refractivity contribution in [3.8, 4) is 0 Å². The quantitative estimate of drug-likeness (QED) is 0.707. The van der Waals surface area contributed by atoms with Gasteiger partial charge in [-0.25, -0.2) is 9.37 Å². The first-order chi connectivity index (χ1) is 7.18. The molecule has 4 heteroatoms. The van der Waals surface area contributed by atoms with E-state index in [1.165, 1.54) is 24.5 Å². The smallest absolute Gasteiger partial charge is 0.217 e. The molecule has 0 fully saturated rings. The molecule has 1 aromatic carbocycles. The summed E-state index contributed by atoms with van der Waals surface area (Å²) in [6.07, 6.45) is 1.23. The van der Waals surface area contributed by atoms with Gasteiger partial charge in [0, 0.05) is 6.92 Å². The fourth-order valence-corrected chi connectivity index (χ4v) is 1.25. The molecule has 1 aromatic heterocycles. The van der Waals surface area contributed by atoms with E-state index in [1.54, 1.807) is 13.0 Å². The van der Waals surface area contributed by atoms with Crippen LogP contribution in [0.1, 0.15) is 21.9 Å². The summed E-state index contributed by atoms with van der Waals surface area (Å²) in [5.74, 6) is -0.636. The van der Waals surface area contributed by atoms with E-state index in [1.807, 2.05) is 0 Å². The summed E-state index contributed by atoms with van der Waals surface area (Å²) < 4.78 is 18.1. The minimum absolute atomic E-state index is 0.00537. The summed E-state index contributed by atoms with van der Waals surface area (Å²) in [6.45, 7) is 1.62. The zero-order valence-electron chi connectivity index (χ0n) is 8.03. The molecule has 0 radical (unpaired) electrons. The van der Waals surface area contributed by atoms with Crippen molar-refractivity contribution in [1.29, 1.82) is 0 Å². The predicted molar refractivity (Wildman–Crippen MR) is 51.1 cm³/mol. The summed E-state index contributed by atoms with van der Waals surface area (Å²) in [5, 5.41) is 0. The molecule has 2 aromatic rings. The largest absolute Gasteiger partial charge is 0.449 e. The van der Waals surface area contributed by atoms with Crippen LogP contribution in [0.5, 0.6) is 0 Å². The third-order valence-electron chi connectivity index (χ3n) is 1.97. The van der Waals surface area contributed by atoms with Crippen LogP contribution in [0.2, 0.25) is 0 Å². The number of halogens is 1. The minimum atomic E-state index is -0.553. The minimum Gasteiger partial charge on any atom is -0.449 e. The van der Waals surface area contributed by atoms with Crippen molar-refractivity contribution in [2.24, 2.45) is 0 Å². The number of carbonyl (C=O) groups excluding carboxylic acids is 1. The molecular weight excluding hydrogens is 197 g/mol. The van der Waals surface area contributed by atoms with Crippen molar-refractivity contribution >= 4 is 5.78 Å². The van der Waals surface area contributed by atoms with E-state index in [-0.39, 0.29) is 11.3 Å². The van der Waals surface area contributed by atoms with E-state index in [2.05, 4.69) is 4.98 Å². The molecule has 1 heterocycles. The van der Waals surface area contributed by atoms with E-state index in [0.717, 1.165) is 0 Å². The van der Waals surface area contributed by atoms with E-state index in [0.29, 0.717) is 5.89 Å². The lowest BCUT2D eigenvalue weighted by atomic mass is 10.1. The Balaban J connectivity index is 2.41. The number of hydrogen-bond acceptors (Lipinski definition) is 3. The maximum atomic E-state index is 13.3. The molecule has 0 aliphatic carbocycles. The molecule has 0 atom stereocenters. The second-order valence-corrected chi connectivity index (χ2v) is 3.06. The van der Waals surface area contributed by atoms with Crippen LogP contribution in [0.3, 0.4) is 0 Å². The van der Waals surface area contributed by atoms with Crippen LogP contribution in [0, 0.1) is 12.7 Å². The molecule has 0 aliphatic heterocycles. The molecule has 0 amide bonds. The number of nitrogens with zero attached hydrogens (tertiary/aromatic N) is 1. The Morgan fingerprint density at radius 1 is 1.40 bits per heavy atom. The molecule has 0 bridgehead atoms. The topological polar surface area (TPSA) is 43.1 Å². The van der Waals surface area contributed by atoms with Crippen molar-refractivity contribution in [3.63, 3.8) is 0 Å². The number of benzene rings is 1. The van der Waals surface area contributed by atoms with Crippen LogP contribution < -0.4 is 0 Å². The van der Waals surface area contributed by atoms with Gasteiger partial charge >= 0.3 is 0 Å². The van der Waals surface area contributed by atoms with Crippen LogP contribution in [0.15, 0.2) is 34.9 Å². The third kappa shape index (κ3) is 1.79. The molecule has 2 rings (SSSR count). The van der Waals surface area contributed by atoms with Gasteiger partial charge in [0.15, 0.2) is 5.89 Å². The van der Waals surface area contributed by atoms with Gasteiger partial charge in [0.2, 0.25) is 5.78 Å². The van der Waals surface area contributed by atoms with Gasteiger partial charge < -0.3 is 4.42 Å². The third-order valence-corrected chi connectivity index (χ3v) is 1.97. The SMILES string of the molecule is Cc1nc(C(=O)c2ccccc2F)co1. The van der Waals surface area contributed by atoms with Gasteiger partial charge in [-0.3, -0.25) is 4.79 Å². The Morgan fingerprint density at radius 3 is 2.73 bits per heavy atom. The first-order valence-corrected chi connectivity index (χ1v) is 4.40. The zero-order chi connectivity index (χ0) is 10.8. The first-order valence-electron chi connectivity index (χ1n) is 4.40. The lowest BCUT2D eigenvalue weighted by Gasteiger charge is -1.97. The van der Waals surface area contributed by atoms with E-state index in [9.17, 15) is 9.18 Å². The lowest BCUT2D eigenvalue weighted by molar-refractivity contribution is 0.103. The Kier molecular flexibility index (Phi) is 2.33. The number of aromatic nitrogens is 1. The fraction of sp³-hybridized carbons (Fsp3) is 0.0909. The maximum Gasteiger partial charge on any atom is 0.217 e. The predicted octanol–water partition coefficient (Wildman–Crippen LogP) is 2.35. The van der Waals surface area contributed by atoms with Gasteiger partial charge in [0.05, 0.1) is 5.56 Å². The molecule has 0 spiro atoms. The van der Waals surface area contributed by atoms with Gasteiger partial charge in [-0.15, -0.1) is 0 Å². The molecular formula is C11H8FNO2. The number of aryl methyl sites for hydroxylation is 1. The van der Waals surface area contributed by atoms with Crippen molar-refractivity contribution in [2.75, 3.05) is 0 Å². The van der Waals surface area contributed by atoms with Gasteiger partial charge in [-0.2, -0.15) is 0 Å². The molecule has 0 N–H and O–H groups in total. The summed E-state index contributed by atoms with van der Waals surface area (Å²) in [5.41, 5.74) is 0.128. The molecule has 3 nitrogen and oxygen atoms in total. The first kappa shape index (κ1) is 9.58. The van der Waals surface area contributed by atoms with Crippen LogP contribution in [0.4, 0.5) is 4.39 Å². The van der Waals surface area contributed by atoms with E-state index < -0.39 is 11.6 Å². The molecule has 0 unspecified atom stereocenters. The molecule has 0 saturated heterocycles. The highest BCUT2D eigenvalue weighted by Crippen LogP contribution is 2.12. The zero-order valence-corrected chi connectivity index (χ0v) is 8.03. The lowest BCUT2D eigenvalue weighted by Crippen LogP contribution is -2.04. The van der Waals surface area contributed by atoms with Crippen LogP contribution in [-0.4, -0.2) is 10.8 Å². The average Bonchev–Trinajstić information content (AvgIpc) is 2.65. The summed E-state index contributed by atoms with van der Waals surface area (Å²) >= 11 is 0. The number of hydrogen-bond donors (Lipinski definition) is 0. The number of carbonyl (C=O) groups is 1. The van der Waals surface area contributed by atoms with Crippen molar-refractivity contribution in [2.45, 2.75) is 6.92 Å². The van der Waals surface area contributed by atoms with Gasteiger partial charge in [-0.1, -0.05) is 12.1 Å². The van der Waals surface area contributed by atoms with Gasteiger partial charge in [-0.05, 0) is 12.1 Å². The van der Waals surface area contributed by atoms with Crippen LogP contribution in [0.25, 0.3) is 0 Å². The second-order valence-electron chi connectivity index (χ2n) is 3.06. The summed E-state index contributed by atoms with van der Waals surface area (Å²) in [7, 11) is 0. The van der Waals surface area contributed by atoms with Crippen LogP contribution >= 0.6 is 0 Å². The monoisotopic (exact) mass is 205 g/mol. The Labute approximate surface area is 85.6 Å². The standard InChI is InChI=1S/C11H8FNO2/c1-7-13-10(6-15-7)11(14)8-4-2-3-5-9(8)12/h2-6H,1H3. The number of rotatable bonds is 2. The Hall–Kier alpha value is -1.97. The highest BCUT2D eigenvalue weighted by Gasteiger charge is 2.16. The summed E-state index contributed by atoms with van der Waals surface area (Å²) in [4.78, 5) is 15.6. The molecule has 76 valence electrons. The highest BCUT2D eigenvalue weighted by molar-refractivity contribution is 6.07. The van der Waals surface area contributed by atoms with Crippen molar-refractivity contribution in [1.82, 2.24) is 4.98 Å². The average molecular weight is 205 g/mol. The maximum absolute atomic E-state index is 13.3.